The molecule has 1 aliphatic rings. The van der Waals surface area contributed by atoms with Crippen LogP contribution < -0.4 is 4.90 Å². The monoisotopic (exact) mass is 429 g/mol. The maximum atomic E-state index is 13.2. The minimum Gasteiger partial charge on any atom is -0.349 e. The number of rotatable bonds is 8. The number of unbranched alkanes of at least 4 members (excludes halogenated alkanes) is 1. The number of anilines is 1. The number of thiazole rings is 1. The lowest BCUT2D eigenvalue weighted by Crippen LogP contribution is -2.41. The molecule has 0 aliphatic carbocycles. The summed E-state index contributed by atoms with van der Waals surface area (Å²) in [5, 5.41) is 0.991. The molecule has 1 unspecified atom stereocenters. The summed E-state index contributed by atoms with van der Waals surface area (Å²) >= 11 is 3.03. The number of thiophene rings is 1. The van der Waals surface area contributed by atoms with E-state index in [9.17, 15) is 13.2 Å². The van der Waals surface area contributed by atoms with Crippen LogP contribution in [0.25, 0.3) is 9.53 Å². The first-order chi connectivity index (χ1) is 12.9. The second-order valence-electron chi connectivity index (χ2n) is 6.86. The van der Waals surface area contributed by atoms with Gasteiger partial charge in [0.05, 0.1) is 21.1 Å². The van der Waals surface area contributed by atoms with Crippen molar-refractivity contribution in [2.24, 2.45) is 0 Å². The van der Waals surface area contributed by atoms with Crippen LogP contribution in [-0.2, 0) is 9.84 Å². The molecule has 1 saturated heterocycles. The van der Waals surface area contributed by atoms with Gasteiger partial charge < -0.3 is 9.80 Å². The number of amides is 1. The quantitative estimate of drug-likeness (QED) is 0.641. The lowest BCUT2D eigenvalue weighted by molar-refractivity contribution is 0.0699. The van der Waals surface area contributed by atoms with Crippen molar-refractivity contribution >= 4 is 53.1 Å². The van der Waals surface area contributed by atoms with Crippen molar-refractivity contribution < 1.29 is 13.2 Å². The summed E-state index contributed by atoms with van der Waals surface area (Å²) in [6, 6.07) is 1.73. The molecule has 1 amide bonds. The molecule has 2 aromatic rings. The zero-order valence-corrected chi connectivity index (χ0v) is 18.6. The van der Waals surface area contributed by atoms with Crippen LogP contribution in [0.2, 0.25) is 0 Å². The molecule has 3 heterocycles. The van der Waals surface area contributed by atoms with Gasteiger partial charge in [-0.1, -0.05) is 24.7 Å². The summed E-state index contributed by atoms with van der Waals surface area (Å²) < 4.78 is 24.8. The molecule has 0 saturated carbocycles. The fourth-order valence-electron chi connectivity index (χ4n) is 3.40. The number of carbonyl (C=O) groups is 1. The third kappa shape index (κ3) is 4.46. The number of hydrogen-bond donors (Lipinski definition) is 0. The Morgan fingerprint density at radius 3 is 2.56 bits per heavy atom. The van der Waals surface area contributed by atoms with E-state index in [1.54, 1.807) is 16.2 Å². The largest absolute Gasteiger partial charge is 0.349 e. The lowest BCUT2D eigenvalue weighted by Gasteiger charge is -2.27. The van der Waals surface area contributed by atoms with Crippen LogP contribution in [0.1, 0.15) is 49.7 Å². The molecular weight excluding hydrogens is 402 g/mol. The summed E-state index contributed by atoms with van der Waals surface area (Å²) in [5.74, 6) is 0.221. The van der Waals surface area contributed by atoms with Crippen LogP contribution in [0.15, 0.2) is 6.07 Å². The maximum Gasteiger partial charge on any atom is 0.264 e. The zero-order chi connectivity index (χ0) is 19.6. The zero-order valence-electron chi connectivity index (χ0n) is 16.1. The van der Waals surface area contributed by atoms with E-state index in [-0.39, 0.29) is 23.5 Å². The molecule has 6 nitrogen and oxygen atoms in total. The highest BCUT2D eigenvalue weighted by Gasteiger charge is 2.35. The van der Waals surface area contributed by atoms with Gasteiger partial charge in [0.2, 0.25) is 0 Å². The number of sulfone groups is 1. The number of aromatic nitrogens is 1. The average Bonchev–Trinajstić information content (AvgIpc) is 3.29. The van der Waals surface area contributed by atoms with Crippen molar-refractivity contribution in [3.63, 3.8) is 0 Å². The van der Waals surface area contributed by atoms with Crippen LogP contribution >= 0.6 is 22.7 Å². The van der Waals surface area contributed by atoms with Gasteiger partial charge in [-0.25, -0.2) is 13.4 Å². The lowest BCUT2D eigenvalue weighted by atomic mass is 10.2. The van der Waals surface area contributed by atoms with Gasteiger partial charge in [0.25, 0.3) is 5.91 Å². The Labute approximate surface area is 169 Å². The summed E-state index contributed by atoms with van der Waals surface area (Å²) in [7, 11) is -3.02. The van der Waals surface area contributed by atoms with Crippen LogP contribution in [0.3, 0.4) is 0 Å². The predicted octanol–water partition coefficient (Wildman–Crippen LogP) is 3.63. The molecule has 0 spiro atoms. The maximum absolute atomic E-state index is 13.2. The van der Waals surface area contributed by atoms with Gasteiger partial charge in [-0.2, -0.15) is 0 Å². The number of carbonyl (C=O) groups excluding carboxylic acids is 1. The molecule has 9 heteroatoms. The summed E-state index contributed by atoms with van der Waals surface area (Å²) in [6.45, 7) is 8.71. The van der Waals surface area contributed by atoms with Crippen molar-refractivity contribution in [1.82, 2.24) is 9.88 Å². The van der Waals surface area contributed by atoms with E-state index in [1.807, 2.05) is 6.07 Å². The molecule has 150 valence electrons. The fraction of sp³-hybridized carbons (Fsp3) is 0.667. The summed E-state index contributed by atoms with van der Waals surface area (Å²) in [6.07, 6.45) is 2.39. The molecule has 3 rings (SSSR count). The van der Waals surface area contributed by atoms with E-state index in [0.717, 1.165) is 40.6 Å². The molecule has 0 N–H and O–H groups in total. The second kappa shape index (κ2) is 8.45. The van der Waals surface area contributed by atoms with Gasteiger partial charge in [-0.15, -0.1) is 11.3 Å². The Kier molecular flexibility index (Phi) is 6.43. The normalized spacial score (nSPS) is 18.9. The van der Waals surface area contributed by atoms with E-state index >= 15 is 0 Å². The van der Waals surface area contributed by atoms with Crippen molar-refractivity contribution in [2.75, 3.05) is 36.0 Å². The van der Waals surface area contributed by atoms with Gasteiger partial charge >= 0.3 is 0 Å². The van der Waals surface area contributed by atoms with Gasteiger partial charge in [-0.3, -0.25) is 4.79 Å². The highest BCUT2D eigenvalue weighted by molar-refractivity contribution is 7.91. The molecule has 27 heavy (non-hydrogen) atoms. The van der Waals surface area contributed by atoms with Crippen molar-refractivity contribution in [3.05, 3.63) is 10.9 Å². The molecule has 1 aliphatic heterocycles. The molecule has 0 bridgehead atoms. The summed E-state index contributed by atoms with van der Waals surface area (Å²) in [5.41, 5.74) is 0. The van der Waals surface area contributed by atoms with Crippen molar-refractivity contribution in [2.45, 2.75) is 46.1 Å². The topological polar surface area (TPSA) is 70.6 Å². The Hall–Kier alpha value is -1.19. The number of hydrogen-bond acceptors (Lipinski definition) is 7. The van der Waals surface area contributed by atoms with Crippen LogP contribution in [0, 0.1) is 0 Å². The fourth-order valence-corrected chi connectivity index (χ4v) is 7.42. The van der Waals surface area contributed by atoms with Crippen LogP contribution in [0.4, 0.5) is 5.13 Å². The second-order valence-corrected chi connectivity index (χ2v) is 11.1. The third-order valence-electron chi connectivity index (χ3n) is 4.99. The van der Waals surface area contributed by atoms with E-state index in [0.29, 0.717) is 17.8 Å². The predicted molar refractivity (Wildman–Crippen MR) is 114 cm³/mol. The number of nitrogens with zero attached hydrogens (tertiary/aromatic N) is 3. The van der Waals surface area contributed by atoms with Crippen LogP contribution in [0.5, 0.6) is 0 Å². The van der Waals surface area contributed by atoms with Gasteiger partial charge in [-0.05, 0) is 32.8 Å². The van der Waals surface area contributed by atoms with Gasteiger partial charge in [0.15, 0.2) is 15.0 Å². The highest BCUT2D eigenvalue weighted by Crippen LogP contribution is 2.35. The Morgan fingerprint density at radius 2 is 2.00 bits per heavy atom. The molecular formula is C18H27N3O3S3. The molecule has 0 aromatic carbocycles. The Balaban J connectivity index is 1.83. The Morgan fingerprint density at radius 1 is 1.26 bits per heavy atom. The summed E-state index contributed by atoms with van der Waals surface area (Å²) in [4.78, 5) is 23.4. The van der Waals surface area contributed by atoms with E-state index in [2.05, 4.69) is 25.7 Å². The molecule has 1 fully saturated rings. The minimum absolute atomic E-state index is 0.0508. The minimum atomic E-state index is -3.02. The highest BCUT2D eigenvalue weighted by atomic mass is 32.2. The van der Waals surface area contributed by atoms with E-state index < -0.39 is 9.84 Å². The first-order valence-electron chi connectivity index (χ1n) is 9.55. The van der Waals surface area contributed by atoms with Crippen molar-refractivity contribution in [3.8, 4) is 0 Å². The smallest absolute Gasteiger partial charge is 0.264 e. The first-order valence-corrected chi connectivity index (χ1v) is 13.0. The third-order valence-corrected chi connectivity index (χ3v) is 8.95. The average molecular weight is 430 g/mol. The van der Waals surface area contributed by atoms with E-state index in [1.165, 1.54) is 11.3 Å². The van der Waals surface area contributed by atoms with E-state index in [4.69, 9.17) is 4.98 Å². The number of fused-ring (bicyclic) bond motifs is 1. The van der Waals surface area contributed by atoms with Gasteiger partial charge in [0, 0.05) is 25.7 Å². The first kappa shape index (κ1) is 20.5. The van der Waals surface area contributed by atoms with Crippen molar-refractivity contribution in [1.29, 1.82) is 0 Å². The molecule has 0 radical (unpaired) electrons. The SMILES string of the molecule is CCCCN(C(=O)c1cc2sc(N(CC)CC)nc2s1)C1CCS(=O)(=O)C1. The van der Waals surface area contributed by atoms with Gasteiger partial charge in [0.1, 0.15) is 4.83 Å². The standard InChI is InChI=1S/C18H27N3O3S3/c1-4-7-9-21(13-8-10-27(23,24)12-13)17(22)15-11-14-16(25-15)19-18(26-14)20(5-2)6-3/h11,13H,4-10,12H2,1-3H3. The molecule has 2 aromatic heterocycles. The Bertz CT molecular complexity index is 868. The molecule has 1 atom stereocenters. The van der Waals surface area contributed by atoms with Crippen LogP contribution in [-0.4, -0.2) is 61.4 Å².